The second kappa shape index (κ2) is 6.35. The van der Waals surface area contributed by atoms with Gasteiger partial charge in [-0.15, -0.1) is 0 Å². The van der Waals surface area contributed by atoms with E-state index in [9.17, 15) is 5.11 Å². The normalized spacial score (nSPS) is 10.6. The Labute approximate surface area is 103 Å². The van der Waals surface area contributed by atoms with E-state index in [0.717, 1.165) is 24.9 Å². The van der Waals surface area contributed by atoms with Crippen LogP contribution in [0.5, 0.6) is 17.2 Å². The van der Waals surface area contributed by atoms with Crippen LogP contribution in [-0.4, -0.2) is 44.9 Å². The minimum Gasteiger partial charge on any atom is -0.507 e. The third-order valence-corrected chi connectivity index (χ3v) is 2.65. The highest BCUT2D eigenvalue weighted by Gasteiger charge is 2.11. The second-order valence-corrected chi connectivity index (χ2v) is 4.23. The van der Waals surface area contributed by atoms with Crippen LogP contribution in [0.15, 0.2) is 12.1 Å². The van der Waals surface area contributed by atoms with Crippen molar-refractivity contribution >= 4 is 0 Å². The van der Waals surface area contributed by atoms with E-state index < -0.39 is 0 Å². The van der Waals surface area contributed by atoms with Crippen molar-refractivity contribution in [1.29, 1.82) is 0 Å². The molecule has 0 atom stereocenters. The van der Waals surface area contributed by atoms with Gasteiger partial charge in [0, 0.05) is 17.7 Å². The molecule has 1 aromatic carbocycles. The van der Waals surface area contributed by atoms with Crippen molar-refractivity contribution in [2.24, 2.45) is 0 Å². The van der Waals surface area contributed by atoms with Crippen molar-refractivity contribution in [3.63, 3.8) is 0 Å². The Bertz CT molecular complexity index is 364. The predicted octanol–water partition coefficient (Wildman–Crippen LogP) is 1.90. The van der Waals surface area contributed by atoms with Crippen LogP contribution in [0.2, 0.25) is 0 Å². The van der Waals surface area contributed by atoms with Crippen molar-refractivity contribution in [2.75, 3.05) is 34.9 Å². The number of ether oxygens (including phenoxy) is 2. The molecule has 0 bridgehead atoms. The van der Waals surface area contributed by atoms with Gasteiger partial charge in [-0.3, -0.25) is 0 Å². The first-order valence-electron chi connectivity index (χ1n) is 5.67. The van der Waals surface area contributed by atoms with Gasteiger partial charge in [0.2, 0.25) is 0 Å². The first kappa shape index (κ1) is 13.6. The fraction of sp³-hybridized carbons (Fsp3) is 0.538. The highest BCUT2D eigenvalue weighted by Crippen LogP contribution is 2.33. The summed E-state index contributed by atoms with van der Waals surface area (Å²) < 4.78 is 10.4. The maximum Gasteiger partial charge on any atom is 0.129 e. The summed E-state index contributed by atoms with van der Waals surface area (Å²) >= 11 is 0. The highest BCUT2D eigenvalue weighted by molar-refractivity contribution is 5.50. The molecule has 0 aliphatic heterocycles. The number of nitrogens with zero attached hydrogens (tertiary/aromatic N) is 1. The number of hydrogen-bond acceptors (Lipinski definition) is 4. The number of aromatic hydroxyl groups is 1. The molecular formula is C13H21NO3. The molecule has 0 unspecified atom stereocenters. The molecule has 0 saturated carbocycles. The van der Waals surface area contributed by atoms with Crippen molar-refractivity contribution in [2.45, 2.75) is 12.8 Å². The van der Waals surface area contributed by atoms with Crippen molar-refractivity contribution in [1.82, 2.24) is 4.90 Å². The smallest absolute Gasteiger partial charge is 0.129 e. The van der Waals surface area contributed by atoms with Gasteiger partial charge in [-0.1, -0.05) is 0 Å². The monoisotopic (exact) mass is 239 g/mol. The van der Waals surface area contributed by atoms with Gasteiger partial charge in [-0.05, 0) is 33.5 Å². The van der Waals surface area contributed by atoms with Gasteiger partial charge in [0.25, 0.3) is 0 Å². The zero-order valence-corrected chi connectivity index (χ0v) is 11.0. The summed E-state index contributed by atoms with van der Waals surface area (Å²) in [6, 6.07) is 3.41. The summed E-state index contributed by atoms with van der Waals surface area (Å²) in [5.41, 5.74) is 0.843. The molecule has 0 amide bonds. The second-order valence-electron chi connectivity index (χ2n) is 4.23. The molecule has 4 nitrogen and oxygen atoms in total. The van der Waals surface area contributed by atoms with Gasteiger partial charge in [-0.2, -0.15) is 0 Å². The van der Waals surface area contributed by atoms with Crippen LogP contribution in [0.1, 0.15) is 12.0 Å². The van der Waals surface area contributed by atoms with Crippen LogP contribution in [0.25, 0.3) is 0 Å². The third kappa shape index (κ3) is 3.82. The number of benzene rings is 1. The molecule has 1 aromatic rings. The maximum absolute atomic E-state index is 9.93. The fourth-order valence-electron chi connectivity index (χ4n) is 1.73. The molecule has 0 radical (unpaired) electrons. The Kier molecular flexibility index (Phi) is 5.10. The summed E-state index contributed by atoms with van der Waals surface area (Å²) in [4.78, 5) is 2.12. The minimum absolute atomic E-state index is 0.236. The first-order valence-corrected chi connectivity index (χ1v) is 5.67. The summed E-state index contributed by atoms with van der Waals surface area (Å²) in [7, 11) is 7.24. The van der Waals surface area contributed by atoms with Crippen molar-refractivity contribution < 1.29 is 14.6 Å². The molecule has 0 heterocycles. The van der Waals surface area contributed by atoms with E-state index in [1.54, 1.807) is 26.4 Å². The fourth-order valence-corrected chi connectivity index (χ4v) is 1.73. The number of methoxy groups -OCH3 is 2. The molecule has 0 aliphatic carbocycles. The molecule has 0 aromatic heterocycles. The number of phenolic OH excluding ortho intramolecular Hbond substituents is 1. The quantitative estimate of drug-likeness (QED) is 0.823. The van der Waals surface area contributed by atoms with Gasteiger partial charge in [0.1, 0.15) is 17.2 Å². The van der Waals surface area contributed by atoms with E-state index in [4.69, 9.17) is 9.47 Å². The van der Waals surface area contributed by atoms with Crippen molar-refractivity contribution in [3.8, 4) is 17.2 Å². The first-order chi connectivity index (χ1) is 8.08. The summed E-state index contributed by atoms with van der Waals surface area (Å²) in [6.07, 6.45) is 1.76. The van der Waals surface area contributed by atoms with E-state index in [1.165, 1.54) is 0 Å². The molecule has 1 rings (SSSR count). The van der Waals surface area contributed by atoms with Gasteiger partial charge in [0.15, 0.2) is 0 Å². The lowest BCUT2D eigenvalue weighted by Crippen LogP contribution is -2.13. The summed E-state index contributed by atoms with van der Waals surface area (Å²) in [5, 5.41) is 9.93. The molecule has 0 spiro atoms. The topological polar surface area (TPSA) is 41.9 Å². The van der Waals surface area contributed by atoms with Crippen LogP contribution >= 0.6 is 0 Å². The molecule has 17 heavy (non-hydrogen) atoms. The number of hydrogen-bond donors (Lipinski definition) is 1. The van der Waals surface area contributed by atoms with Gasteiger partial charge >= 0.3 is 0 Å². The Hall–Kier alpha value is -1.42. The van der Waals surface area contributed by atoms with Crippen LogP contribution in [0.4, 0.5) is 0 Å². The number of phenols is 1. The zero-order chi connectivity index (χ0) is 12.8. The van der Waals surface area contributed by atoms with Crippen LogP contribution < -0.4 is 9.47 Å². The minimum atomic E-state index is 0.236. The number of rotatable bonds is 6. The maximum atomic E-state index is 9.93. The lowest BCUT2D eigenvalue weighted by Gasteiger charge is -2.14. The van der Waals surface area contributed by atoms with E-state index >= 15 is 0 Å². The van der Waals surface area contributed by atoms with Crippen LogP contribution in [0.3, 0.4) is 0 Å². The third-order valence-electron chi connectivity index (χ3n) is 2.65. The zero-order valence-electron chi connectivity index (χ0n) is 11.0. The highest BCUT2D eigenvalue weighted by atomic mass is 16.5. The standard InChI is InChI=1S/C13H21NO3/c1-14(2)7-5-6-11-12(15)8-10(16-3)9-13(11)17-4/h8-9,15H,5-7H2,1-4H3. The molecule has 4 heteroatoms. The van der Waals surface area contributed by atoms with Gasteiger partial charge < -0.3 is 19.5 Å². The largest absolute Gasteiger partial charge is 0.507 e. The lowest BCUT2D eigenvalue weighted by atomic mass is 10.1. The van der Waals surface area contributed by atoms with E-state index in [1.807, 2.05) is 14.1 Å². The van der Waals surface area contributed by atoms with Crippen LogP contribution in [-0.2, 0) is 6.42 Å². The van der Waals surface area contributed by atoms with E-state index in [-0.39, 0.29) is 5.75 Å². The summed E-state index contributed by atoms with van der Waals surface area (Å²) in [5.74, 6) is 1.52. The van der Waals surface area contributed by atoms with Crippen LogP contribution in [0, 0.1) is 0 Å². The Morgan fingerprint density at radius 1 is 1.18 bits per heavy atom. The molecule has 0 aliphatic rings. The van der Waals surface area contributed by atoms with E-state index in [2.05, 4.69) is 4.90 Å². The Balaban J connectivity index is 2.82. The predicted molar refractivity (Wildman–Crippen MR) is 68.1 cm³/mol. The average molecular weight is 239 g/mol. The van der Waals surface area contributed by atoms with Crippen molar-refractivity contribution in [3.05, 3.63) is 17.7 Å². The average Bonchev–Trinajstić information content (AvgIpc) is 2.30. The molecule has 96 valence electrons. The SMILES string of the molecule is COc1cc(O)c(CCCN(C)C)c(OC)c1. The van der Waals surface area contributed by atoms with Gasteiger partial charge in [-0.25, -0.2) is 0 Å². The molecule has 0 saturated heterocycles. The lowest BCUT2D eigenvalue weighted by molar-refractivity contribution is 0.372. The molecule has 1 N–H and O–H groups in total. The molecular weight excluding hydrogens is 218 g/mol. The molecule has 0 fully saturated rings. The van der Waals surface area contributed by atoms with E-state index in [0.29, 0.717) is 11.5 Å². The Morgan fingerprint density at radius 2 is 1.88 bits per heavy atom. The Morgan fingerprint density at radius 3 is 2.41 bits per heavy atom. The van der Waals surface area contributed by atoms with Gasteiger partial charge in [0.05, 0.1) is 14.2 Å². The summed E-state index contributed by atoms with van der Waals surface area (Å²) in [6.45, 7) is 0.981.